The van der Waals surface area contributed by atoms with Crippen LogP contribution in [0.5, 0.6) is 5.75 Å². The first-order valence-corrected chi connectivity index (χ1v) is 8.83. The molecule has 4 rings (SSSR count). The van der Waals surface area contributed by atoms with Crippen LogP contribution in [0.4, 0.5) is 0 Å². The van der Waals surface area contributed by atoms with Gasteiger partial charge in [-0.05, 0) is 55.3 Å². The molecule has 0 amide bonds. The largest absolute Gasteiger partial charge is 0.489 e. The summed E-state index contributed by atoms with van der Waals surface area (Å²) in [4.78, 5) is 20.9. The minimum absolute atomic E-state index is 0.250. The van der Waals surface area contributed by atoms with Crippen LogP contribution in [0.2, 0.25) is 0 Å². The van der Waals surface area contributed by atoms with Crippen LogP contribution in [-0.4, -0.2) is 15.5 Å². The monoisotopic (exact) mass is 372 g/mol. The zero-order chi connectivity index (χ0) is 19.9. The Morgan fingerprint density at radius 2 is 1.75 bits per heavy atom. The van der Waals surface area contributed by atoms with Crippen molar-refractivity contribution in [3.63, 3.8) is 0 Å². The summed E-state index contributed by atoms with van der Waals surface area (Å²) in [5, 5.41) is 0. The smallest absolute Gasteiger partial charge is 0.373 e. The lowest BCUT2D eigenvalue weighted by Crippen LogP contribution is -1.97. The second kappa shape index (κ2) is 8.80. The lowest BCUT2D eigenvalue weighted by Gasteiger charge is -2.10. The molecule has 0 aliphatic carbocycles. The summed E-state index contributed by atoms with van der Waals surface area (Å²) in [5.74, 6) is 0.910. The van der Waals surface area contributed by atoms with Crippen molar-refractivity contribution in [3.8, 4) is 17.0 Å². The quantitative estimate of drug-likeness (QED) is 0.525. The highest BCUT2D eigenvalue weighted by atomic mass is 16.5. The van der Waals surface area contributed by atoms with Gasteiger partial charge in [0.05, 0.1) is 5.69 Å². The first-order valence-electron chi connectivity index (χ1n) is 8.83. The minimum Gasteiger partial charge on any atom is -0.489 e. The van der Waals surface area contributed by atoms with Gasteiger partial charge in [-0.25, -0.2) is 4.98 Å². The maximum atomic E-state index is 8.12. The average molecular weight is 372 g/mol. The number of benzene rings is 2. The standard InChI is InChI=1S/C22H20N2O.CO2/c1-16-6-8-18(9-7-16)15-25-21-11-10-19(13-17(21)2)20-14-24-12-4-3-5-22(24)23-20;2-1-3/h3-14H,15H2,1-2H3;. The van der Waals surface area contributed by atoms with Gasteiger partial charge in [0, 0.05) is 18.0 Å². The van der Waals surface area contributed by atoms with E-state index in [1.165, 1.54) is 11.1 Å². The zero-order valence-electron chi connectivity index (χ0n) is 15.8. The number of imidazole rings is 1. The van der Waals surface area contributed by atoms with E-state index in [9.17, 15) is 0 Å². The molecule has 5 nitrogen and oxygen atoms in total. The normalized spacial score (nSPS) is 10.1. The SMILES string of the molecule is Cc1ccc(COc2ccc(-c3cn4ccccc4n3)cc2C)cc1.O=C=O. The summed E-state index contributed by atoms with van der Waals surface area (Å²) in [7, 11) is 0. The van der Waals surface area contributed by atoms with Crippen molar-refractivity contribution in [1.82, 2.24) is 9.38 Å². The molecule has 5 heteroatoms. The van der Waals surface area contributed by atoms with Gasteiger partial charge >= 0.3 is 6.15 Å². The van der Waals surface area contributed by atoms with Crippen molar-refractivity contribution in [2.75, 3.05) is 0 Å². The average Bonchev–Trinajstić information content (AvgIpc) is 3.13. The van der Waals surface area contributed by atoms with E-state index in [4.69, 9.17) is 14.3 Å². The van der Waals surface area contributed by atoms with Crippen LogP contribution in [0.25, 0.3) is 16.9 Å². The molecule has 0 radical (unpaired) electrons. The number of aryl methyl sites for hydroxylation is 2. The number of hydrogen-bond donors (Lipinski definition) is 0. The van der Waals surface area contributed by atoms with E-state index in [1.807, 2.05) is 34.9 Å². The predicted molar refractivity (Wildman–Crippen MR) is 106 cm³/mol. The first-order chi connectivity index (χ1) is 13.6. The van der Waals surface area contributed by atoms with Gasteiger partial charge in [0.25, 0.3) is 0 Å². The molecule has 0 aliphatic heterocycles. The molecule has 4 aromatic rings. The minimum atomic E-state index is 0.250. The number of pyridine rings is 1. The molecule has 0 bridgehead atoms. The highest BCUT2D eigenvalue weighted by molar-refractivity contribution is 5.64. The van der Waals surface area contributed by atoms with Gasteiger partial charge in [-0.2, -0.15) is 9.59 Å². The molecule has 0 fully saturated rings. The van der Waals surface area contributed by atoms with Crippen LogP contribution in [0.3, 0.4) is 0 Å². The van der Waals surface area contributed by atoms with Gasteiger partial charge in [0.2, 0.25) is 0 Å². The summed E-state index contributed by atoms with van der Waals surface area (Å²) in [6, 6.07) is 20.7. The van der Waals surface area contributed by atoms with Gasteiger partial charge < -0.3 is 9.14 Å². The molecule has 0 spiro atoms. The van der Waals surface area contributed by atoms with E-state index in [0.29, 0.717) is 6.61 Å². The highest BCUT2D eigenvalue weighted by Gasteiger charge is 2.07. The van der Waals surface area contributed by atoms with Gasteiger partial charge in [-0.1, -0.05) is 35.9 Å². The molecule has 2 aromatic carbocycles. The number of aromatic nitrogens is 2. The molecular weight excluding hydrogens is 352 g/mol. The van der Waals surface area contributed by atoms with Crippen molar-refractivity contribution < 1.29 is 14.3 Å². The number of carbonyl (C=O) groups excluding carboxylic acids is 2. The summed E-state index contributed by atoms with van der Waals surface area (Å²) < 4.78 is 8.02. The Labute approximate surface area is 163 Å². The van der Waals surface area contributed by atoms with E-state index < -0.39 is 0 Å². The Bertz CT molecular complexity index is 1080. The Hall–Kier alpha value is -3.69. The Morgan fingerprint density at radius 3 is 2.43 bits per heavy atom. The van der Waals surface area contributed by atoms with Crippen LogP contribution >= 0.6 is 0 Å². The Kier molecular flexibility index (Phi) is 6.00. The van der Waals surface area contributed by atoms with E-state index >= 15 is 0 Å². The molecule has 2 aromatic heterocycles. The lowest BCUT2D eigenvalue weighted by atomic mass is 10.1. The zero-order valence-corrected chi connectivity index (χ0v) is 15.8. The first kappa shape index (κ1) is 19.1. The summed E-state index contributed by atoms with van der Waals surface area (Å²) in [5.41, 5.74) is 6.57. The van der Waals surface area contributed by atoms with E-state index in [1.54, 1.807) is 0 Å². The number of hydrogen-bond acceptors (Lipinski definition) is 4. The molecule has 0 saturated heterocycles. The Balaban J connectivity index is 0.000000706. The molecule has 0 aliphatic rings. The maximum absolute atomic E-state index is 8.12. The molecule has 0 atom stereocenters. The molecular formula is C23H20N2O3. The molecule has 140 valence electrons. The predicted octanol–water partition coefficient (Wildman–Crippen LogP) is 4.61. The molecule has 0 N–H and O–H groups in total. The fourth-order valence-corrected chi connectivity index (χ4v) is 2.89. The van der Waals surface area contributed by atoms with Crippen LogP contribution < -0.4 is 4.74 Å². The third-order valence-corrected chi connectivity index (χ3v) is 4.35. The molecule has 28 heavy (non-hydrogen) atoms. The van der Waals surface area contributed by atoms with Crippen LogP contribution in [0.15, 0.2) is 73.1 Å². The number of rotatable bonds is 4. The van der Waals surface area contributed by atoms with Gasteiger partial charge in [-0.15, -0.1) is 0 Å². The number of nitrogens with zero attached hydrogens (tertiary/aromatic N) is 2. The van der Waals surface area contributed by atoms with E-state index in [-0.39, 0.29) is 6.15 Å². The second-order valence-electron chi connectivity index (χ2n) is 6.43. The van der Waals surface area contributed by atoms with Gasteiger partial charge in [0.1, 0.15) is 18.0 Å². The number of ether oxygens (including phenoxy) is 1. The van der Waals surface area contributed by atoms with E-state index in [0.717, 1.165) is 28.2 Å². The van der Waals surface area contributed by atoms with E-state index in [2.05, 4.69) is 61.4 Å². The van der Waals surface area contributed by atoms with Crippen molar-refractivity contribution in [1.29, 1.82) is 0 Å². The van der Waals surface area contributed by atoms with Crippen molar-refractivity contribution in [2.24, 2.45) is 0 Å². The summed E-state index contributed by atoms with van der Waals surface area (Å²) in [6.07, 6.45) is 4.31. The maximum Gasteiger partial charge on any atom is 0.373 e. The third kappa shape index (κ3) is 4.53. The molecule has 2 heterocycles. The van der Waals surface area contributed by atoms with Crippen LogP contribution in [0, 0.1) is 13.8 Å². The molecule has 0 unspecified atom stereocenters. The number of fused-ring (bicyclic) bond motifs is 1. The topological polar surface area (TPSA) is 60.7 Å². The van der Waals surface area contributed by atoms with Crippen molar-refractivity contribution in [2.45, 2.75) is 20.5 Å². The van der Waals surface area contributed by atoms with Crippen LogP contribution in [-0.2, 0) is 16.2 Å². The highest BCUT2D eigenvalue weighted by Crippen LogP contribution is 2.26. The Morgan fingerprint density at radius 1 is 1.00 bits per heavy atom. The van der Waals surface area contributed by atoms with Crippen molar-refractivity contribution >= 4 is 11.8 Å². The fraction of sp³-hybridized carbons (Fsp3) is 0.130. The third-order valence-electron chi connectivity index (χ3n) is 4.35. The second-order valence-corrected chi connectivity index (χ2v) is 6.43. The van der Waals surface area contributed by atoms with Gasteiger partial charge in [-0.3, -0.25) is 0 Å². The lowest BCUT2D eigenvalue weighted by molar-refractivity contribution is -0.191. The van der Waals surface area contributed by atoms with Crippen molar-refractivity contribution in [3.05, 3.63) is 89.7 Å². The molecule has 0 saturated carbocycles. The van der Waals surface area contributed by atoms with Crippen LogP contribution in [0.1, 0.15) is 16.7 Å². The summed E-state index contributed by atoms with van der Waals surface area (Å²) >= 11 is 0. The summed E-state index contributed by atoms with van der Waals surface area (Å²) in [6.45, 7) is 4.74. The van der Waals surface area contributed by atoms with Gasteiger partial charge in [0.15, 0.2) is 0 Å². The fourth-order valence-electron chi connectivity index (χ4n) is 2.89.